The van der Waals surface area contributed by atoms with E-state index in [0.29, 0.717) is 18.7 Å². The molecule has 1 aliphatic heterocycles. The highest BCUT2D eigenvalue weighted by Crippen LogP contribution is 2.29. The van der Waals surface area contributed by atoms with E-state index in [0.717, 1.165) is 41.6 Å². The van der Waals surface area contributed by atoms with Crippen LogP contribution < -0.4 is 10.6 Å². The lowest BCUT2D eigenvalue weighted by Crippen LogP contribution is -2.26. The van der Waals surface area contributed by atoms with Gasteiger partial charge < -0.3 is 25.3 Å². The molecule has 3 rings (SSSR count). The van der Waals surface area contributed by atoms with Crippen molar-refractivity contribution in [2.45, 2.75) is 6.92 Å². The third-order valence-electron chi connectivity index (χ3n) is 3.48. The second kappa shape index (κ2) is 9.76. The average Bonchev–Trinajstić information content (AvgIpc) is 3.30. The van der Waals surface area contributed by atoms with E-state index in [4.69, 9.17) is 14.6 Å². The van der Waals surface area contributed by atoms with Crippen molar-refractivity contribution in [3.05, 3.63) is 48.5 Å². The van der Waals surface area contributed by atoms with Crippen molar-refractivity contribution >= 4 is 23.5 Å². The molecule has 4 N–H and O–H groups in total. The van der Waals surface area contributed by atoms with E-state index < -0.39 is 11.9 Å². The van der Waals surface area contributed by atoms with Gasteiger partial charge in [0.15, 0.2) is 12.2 Å². The van der Waals surface area contributed by atoms with Crippen LogP contribution in [-0.4, -0.2) is 52.6 Å². The summed E-state index contributed by atoms with van der Waals surface area (Å²) in [5, 5.41) is 22.3. The number of aliphatic carboxylic acids is 2. The summed E-state index contributed by atoms with van der Waals surface area (Å²) in [6, 6.07) is 8.06. The normalized spacial score (nSPS) is 12.7. The van der Waals surface area contributed by atoms with E-state index >= 15 is 0 Å². The van der Waals surface area contributed by atoms with Crippen molar-refractivity contribution in [3.8, 4) is 11.3 Å². The minimum atomic E-state index is -1.26. The van der Waals surface area contributed by atoms with Crippen LogP contribution in [0.1, 0.15) is 5.69 Å². The summed E-state index contributed by atoms with van der Waals surface area (Å²) in [5.41, 5.74) is 2.94. The number of aromatic nitrogens is 1. The van der Waals surface area contributed by atoms with Gasteiger partial charge >= 0.3 is 11.9 Å². The fourth-order valence-electron chi connectivity index (χ4n) is 2.28. The first-order valence-corrected chi connectivity index (χ1v) is 8.12. The molecule has 0 aliphatic carbocycles. The fraction of sp³-hybridized carbons (Fsp3) is 0.222. The molecule has 142 valence electrons. The van der Waals surface area contributed by atoms with Gasteiger partial charge in [-0.1, -0.05) is 12.1 Å². The van der Waals surface area contributed by atoms with E-state index in [1.54, 1.807) is 0 Å². The van der Waals surface area contributed by atoms with E-state index in [9.17, 15) is 9.59 Å². The smallest absolute Gasteiger partial charge is 0.328 e. The molecule has 0 bridgehead atoms. The van der Waals surface area contributed by atoms with Gasteiger partial charge in [-0.2, -0.15) is 0 Å². The molecule has 0 atom stereocenters. The third kappa shape index (κ3) is 6.31. The minimum Gasteiger partial charge on any atom is -0.478 e. The Labute approximate surface area is 155 Å². The van der Waals surface area contributed by atoms with Gasteiger partial charge in [-0.15, -0.1) is 0 Å². The van der Waals surface area contributed by atoms with Crippen LogP contribution in [0.25, 0.3) is 11.3 Å². The first-order chi connectivity index (χ1) is 13.0. The molecule has 0 unspecified atom stereocenters. The summed E-state index contributed by atoms with van der Waals surface area (Å²) in [5.74, 6) is -0.701. The second-order valence-electron chi connectivity index (χ2n) is 5.43. The zero-order chi connectivity index (χ0) is 19.6. The molecule has 0 spiro atoms. The summed E-state index contributed by atoms with van der Waals surface area (Å²) in [6.45, 7) is 4.43. The number of carboxylic acid groups (broad SMARTS) is 2. The Morgan fingerprint density at radius 2 is 1.96 bits per heavy atom. The van der Waals surface area contributed by atoms with Gasteiger partial charge in [0, 0.05) is 29.9 Å². The van der Waals surface area contributed by atoms with Gasteiger partial charge in [0.25, 0.3) is 0 Å². The van der Waals surface area contributed by atoms with E-state index in [-0.39, 0.29) is 0 Å². The molecule has 9 nitrogen and oxygen atoms in total. The first kappa shape index (κ1) is 19.7. The number of aliphatic imine (C=N–C) groups is 1. The number of hydrogen-bond donors (Lipinski definition) is 4. The van der Waals surface area contributed by atoms with Gasteiger partial charge in [0.05, 0.1) is 18.8 Å². The number of carboxylic acids is 2. The SMILES string of the molecule is Cc1ncoc1-c1ccccc1NCC1=NCCN1.O=C(O)/C=C/C(=O)O. The van der Waals surface area contributed by atoms with Crippen LogP contribution in [0.4, 0.5) is 5.69 Å². The lowest BCUT2D eigenvalue weighted by atomic mass is 10.1. The second-order valence-corrected chi connectivity index (χ2v) is 5.43. The average molecular weight is 372 g/mol. The maximum Gasteiger partial charge on any atom is 0.328 e. The predicted molar refractivity (Wildman–Crippen MR) is 99.9 cm³/mol. The molecule has 0 amide bonds. The molecule has 0 saturated carbocycles. The predicted octanol–water partition coefficient (Wildman–Crippen LogP) is 1.78. The number of carbonyl (C=O) groups is 2. The lowest BCUT2D eigenvalue weighted by Gasteiger charge is -2.11. The summed E-state index contributed by atoms with van der Waals surface area (Å²) in [4.78, 5) is 27.6. The molecule has 0 fully saturated rings. The number of aryl methyl sites for hydroxylation is 1. The van der Waals surface area contributed by atoms with Gasteiger partial charge in [0.1, 0.15) is 5.84 Å². The Morgan fingerprint density at radius 3 is 2.52 bits per heavy atom. The Kier molecular flexibility index (Phi) is 7.12. The number of benzene rings is 1. The molecule has 0 radical (unpaired) electrons. The molecule has 2 aromatic rings. The monoisotopic (exact) mass is 372 g/mol. The Morgan fingerprint density at radius 1 is 1.26 bits per heavy atom. The highest BCUT2D eigenvalue weighted by atomic mass is 16.4. The molecular formula is C18H20N4O5. The number of nitrogens with zero attached hydrogens (tertiary/aromatic N) is 2. The number of amidine groups is 1. The number of oxazole rings is 1. The van der Waals surface area contributed by atoms with Crippen molar-refractivity contribution in [3.63, 3.8) is 0 Å². The lowest BCUT2D eigenvalue weighted by molar-refractivity contribution is -0.134. The van der Waals surface area contributed by atoms with Gasteiger partial charge in [-0.25, -0.2) is 14.6 Å². The van der Waals surface area contributed by atoms with Crippen LogP contribution in [0.15, 0.2) is 52.2 Å². The van der Waals surface area contributed by atoms with Crippen LogP contribution in [0.3, 0.4) is 0 Å². The summed E-state index contributed by atoms with van der Waals surface area (Å²) >= 11 is 0. The summed E-state index contributed by atoms with van der Waals surface area (Å²) in [7, 11) is 0. The maximum absolute atomic E-state index is 9.55. The summed E-state index contributed by atoms with van der Waals surface area (Å²) < 4.78 is 5.47. The highest BCUT2D eigenvalue weighted by molar-refractivity contribution is 5.90. The molecule has 1 aliphatic rings. The molecule has 27 heavy (non-hydrogen) atoms. The number of hydrogen-bond acceptors (Lipinski definition) is 7. The van der Waals surface area contributed by atoms with Crippen molar-refractivity contribution in [2.75, 3.05) is 25.0 Å². The largest absolute Gasteiger partial charge is 0.478 e. The standard InChI is InChI=1S/C14H16N4O.C4H4O4/c1-10-14(19-9-18-10)11-4-2-3-5-12(11)17-8-13-15-6-7-16-13;5-3(6)1-2-4(7)8/h2-5,9,17H,6-8H2,1H3,(H,15,16);1-2H,(H,5,6)(H,7,8)/b;2-1+. The minimum absolute atomic E-state index is 0.558. The molecule has 1 aromatic carbocycles. The first-order valence-electron chi connectivity index (χ1n) is 8.12. The van der Waals surface area contributed by atoms with Crippen LogP contribution in [0, 0.1) is 6.92 Å². The third-order valence-corrected chi connectivity index (χ3v) is 3.48. The number of rotatable bonds is 6. The maximum atomic E-state index is 9.55. The molecule has 0 saturated heterocycles. The zero-order valence-corrected chi connectivity index (χ0v) is 14.7. The number of anilines is 1. The number of nitrogens with one attached hydrogen (secondary N) is 2. The number of para-hydroxylation sites is 1. The van der Waals surface area contributed by atoms with Crippen molar-refractivity contribution in [1.82, 2.24) is 10.3 Å². The van der Waals surface area contributed by atoms with Gasteiger partial charge in [-0.3, -0.25) is 4.99 Å². The summed E-state index contributed by atoms with van der Waals surface area (Å²) in [6.07, 6.45) is 2.59. The molecule has 9 heteroatoms. The Bertz CT molecular complexity index is 841. The molecule has 1 aromatic heterocycles. The molecular weight excluding hydrogens is 352 g/mol. The van der Waals surface area contributed by atoms with E-state index in [1.807, 2.05) is 31.2 Å². The van der Waals surface area contributed by atoms with Gasteiger partial charge in [0.2, 0.25) is 0 Å². The van der Waals surface area contributed by atoms with Gasteiger partial charge in [-0.05, 0) is 19.1 Å². The Balaban J connectivity index is 0.000000279. The fourth-order valence-corrected chi connectivity index (χ4v) is 2.28. The highest BCUT2D eigenvalue weighted by Gasteiger charge is 2.12. The quantitative estimate of drug-likeness (QED) is 0.563. The van der Waals surface area contributed by atoms with E-state index in [2.05, 4.69) is 20.6 Å². The van der Waals surface area contributed by atoms with Crippen LogP contribution in [0.2, 0.25) is 0 Å². The van der Waals surface area contributed by atoms with E-state index in [1.165, 1.54) is 6.39 Å². The van der Waals surface area contributed by atoms with Crippen molar-refractivity contribution in [1.29, 1.82) is 0 Å². The Hall–Kier alpha value is -3.62. The van der Waals surface area contributed by atoms with Crippen molar-refractivity contribution < 1.29 is 24.2 Å². The molecule has 2 heterocycles. The van der Waals surface area contributed by atoms with Crippen LogP contribution >= 0.6 is 0 Å². The van der Waals surface area contributed by atoms with Crippen LogP contribution in [0.5, 0.6) is 0 Å². The zero-order valence-electron chi connectivity index (χ0n) is 14.7. The van der Waals surface area contributed by atoms with Crippen LogP contribution in [-0.2, 0) is 9.59 Å². The topological polar surface area (TPSA) is 137 Å². The van der Waals surface area contributed by atoms with Crippen molar-refractivity contribution in [2.24, 2.45) is 4.99 Å².